The topological polar surface area (TPSA) is 47.3 Å². The van der Waals surface area contributed by atoms with Gasteiger partial charge in [0.2, 0.25) is 0 Å². The number of hydrogen-bond donors (Lipinski definition) is 2. The van der Waals surface area contributed by atoms with Crippen LogP contribution in [0.15, 0.2) is 24.3 Å². The van der Waals surface area contributed by atoms with Crippen molar-refractivity contribution in [1.29, 1.82) is 0 Å². The summed E-state index contributed by atoms with van der Waals surface area (Å²) in [6.07, 6.45) is 0.0647. The van der Waals surface area contributed by atoms with Gasteiger partial charge in [-0.3, -0.25) is 11.3 Å². The van der Waals surface area contributed by atoms with Crippen LogP contribution in [-0.2, 0) is 4.74 Å². The number of rotatable bonds is 6. The van der Waals surface area contributed by atoms with E-state index in [4.69, 9.17) is 10.6 Å². The van der Waals surface area contributed by atoms with E-state index >= 15 is 0 Å². The molecule has 0 bridgehead atoms. The van der Waals surface area contributed by atoms with Gasteiger partial charge in [-0.15, -0.1) is 0 Å². The SMILES string of the molecule is CCOC(C)C(NN)c1ccc(C(C)C)cc1. The van der Waals surface area contributed by atoms with Crippen LogP contribution in [-0.4, -0.2) is 12.7 Å². The molecular weight excluding hydrogens is 212 g/mol. The van der Waals surface area contributed by atoms with Crippen molar-refractivity contribution in [2.75, 3.05) is 6.61 Å². The number of nitrogens with two attached hydrogens (primary N) is 1. The molecule has 3 heteroatoms. The van der Waals surface area contributed by atoms with Gasteiger partial charge >= 0.3 is 0 Å². The van der Waals surface area contributed by atoms with E-state index in [-0.39, 0.29) is 12.1 Å². The zero-order valence-corrected chi connectivity index (χ0v) is 11.2. The van der Waals surface area contributed by atoms with E-state index in [2.05, 4.69) is 43.5 Å². The fourth-order valence-corrected chi connectivity index (χ4v) is 1.95. The van der Waals surface area contributed by atoms with E-state index in [0.29, 0.717) is 12.5 Å². The van der Waals surface area contributed by atoms with E-state index < -0.39 is 0 Å². The Balaban J connectivity index is 2.82. The van der Waals surface area contributed by atoms with Crippen molar-refractivity contribution in [2.24, 2.45) is 5.84 Å². The first-order valence-corrected chi connectivity index (χ1v) is 6.27. The molecule has 17 heavy (non-hydrogen) atoms. The molecule has 0 aliphatic carbocycles. The minimum absolute atomic E-state index is 0.0381. The number of nitrogens with one attached hydrogen (secondary N) is 1. The lowest BCUT2D eigenvalue weighted by atomic mass is 9.97. The zero-order chi connectivity index (χ0) is 12.8. The quantitative estimate of drug-likeness (QED) is 0.590. The minimum Gasteiger partial charge on any atom is -0.377 e. The highest BCUT2D eigenvalue weighted by Crippen LogP contribution is 2.21. The summed E-state index contributed by atoms with van der Waals surface area (Å²) in [6, 6.07) is 8.59. The van der Waals surface area contributed by atoms with E-state index in [1.807, 2.05) is 13.8 Å². The van der Waals surface area contributed by atoms with Crippen LogP contribution in [0.2, 0.25) is 0 Å². The van der Waals surface area contributed by atoms with Crippen molar-refractivity contribution < 1.29 is 4.74 Å². The molecule has 96 valence electrons. The summed E-state index contributed by atoms with van der Waals surface area (Å²) in [5.41, 5.74) is 5.33. The number of hydrazine groups is 1. The van der Waals surface area contributed by atoms with Gasteiger partial charge in [0.15, 0.2) is 0 Å². The van der Waals surface area contributed by atoms with Crippen molar-refractivity contribution in [3.63, 3.8) is 0 Å². The van der Waals surface area contributed by atoms with Crippen LogP contribution in [0.5, 0.6) is 0 Å². The van der Waals surface area contributed by atoms with E-state index in [0.717, 1.165) is 5.56 Å². The first kappa shape index (κ1) is 14.2. The zero-order valence-electron chi connectivity index (χ0n) is 11.2. The number of benzene rings is 1. The average molecular weight is 236 g/mol. The average Bonchev–Trinajstić information content (AvgIpc) is 2.31. The van der Waals surface area contributed by atoms with Gasteiger partial charge in [0.1, 0.15) is 0 Å². The monoisotopic (exact) mass is 236 g/mol. The molecular formula is C14H24N2O. The summed E-state index contributed by atoms with van der Waals surface area (Å²) in [7, 11) is 0. The highest BCUT2D eigenvalue weighted by Gasteiger charge is 2.18. The van der Waals surface area contributed by atoms with Gasteiger partial charge in [0, 0.05) is 6.61 Å². The first-order valence-electron chi connectivity index (χ1n) is 6.27. The third-order valence-corrected chi connectivity index (χ3v) is 3.04. The summed E-state index contributed by atoms with van der Waals surface area (Å²) in [5.74, 6) is 6.16. The van der Waals surface area contributed by atoms with Crippen LogP contribution < -0.4 is 11.3 Å². The minimum atomic E-state index is 0.0381. The van der Waals surface area contributed by atoms with Crippen molar-refractivity contribution in [3.8, 4) is 0 Å². The molecule has 2 unspecified atom stereocenters. The van der Waals surface area contributed by atoms with Crippen molar-refractivity contribution in [1.82, 2.24) is 5.43 Å². The molecule has 1 aromatic rings. The van der Waals surface area contributed by atoms with Crippen molar-refractivity contribution in [2.45, 2.75) is 45.8 Å². The molecule has 1 rings (SSSR count). The van der Waals surface area contributed by atoms with Crippen molar-refractivity contribution >= 4 is 0 Å². The molecule has 3 nitrogen and oxygen atoms in total. The molecule has 0 fully saturated rings. The second-order valence-corrected chi connectivity index (χ2v) is 4.63. The molecule has 3 N–H and O–H groups in total. The Morgan fingerprint density at radius 1 is 1.12 bits per heavy atom. The molecule has 0 amide bonds. The van der Waals surface area contributed by atoms with Gasteiger partial charge in [0.25, 0.3) is 0 Å². The molecule has 0 radical (unpaired) electrons. The lowest BCUT2D eigenvalue weighted by Crippen LogP contribution is -2.36. The van der Waals surface area contributed by atoms with Crippen LogP contribution in [0.4, 0.5) is 0 Å². The van der Waals surface area contributed by atoms with Gasteiger partial charge < -0.3 is 4.74 Å². The number of hydrogen-bond acceptors (Lipinski definition) is 3. The smallest absolute Gasteiger partial charge is 0.0754 e. The fourth-order valence-electron chi connectivity index (χ4n) is 1.95. The van der Waals surface area contributed by atoms with E-state index in [1.54, 1.807) is 0 Å². The highest BCUT2D eigenvalue weighted by atomic mass is 16.5. The van der Waals surface area contributed by atoms with Gasteiger partial charge in [-0.25, -0.2) is 0 Å². The highest BCUT2D eigenvalue weighted by molar-refractivity contribution is 5.27. The summed E-state index contributed by atoms with van der Waals surface area (Å²) >= 11 is 0. The Hall–Kier alpha value is -0.900. The normalized spacial score (nSPS) is 14.9. The Morgan fingerprint density at radius 2 is 1.65 bits per heavy atom. The third kappa shape index (κ3) is 3.80. The molecule has 0 spiro atoms. The second kappa shape index (κ2) is 6.74. The molecule has 0 heterocycles. The largest absolute Gasteiger partial charge is 0.377 e. The van der Waals surface area contributed by atoms with Gasteiger partial charge in [-0.05, 0) is 30.9 Å². The van der Waals surface area contributed by atoms with Crippen LogP contribution in [0.25, 0.3) is 0 Å². The molecule has 0 aliphatic heterocycles. The first-order chi connectivity index (χ1) is 8.10. The van der Waals surface area contributed by atoms with E-state index in [1.165, 1.54) is 5.56 Å². The Morgan fingerprint density at radius 3 is 2.06 bits per heavy atom. The van der Waals surface area contributed by atoms with Crippen molar-refractivity contribution in [3.05, 3.63) is 35.4 Å². The standard InChI is InChI=1S/C14H24N2O/c1-5-17-11(4)14(16-15)13-8-6-12(7-9-13)10(2)3/h6-11,14,16H,5,15H2,1-4H3. The maximum atomic E-state index is 5.60. The maximum Gasteiger partial charge on any atom is 0.0754 e. The molecule has 2 atom stereocenters. The van der Waals surface area contributed by atoms with Gasteiger partial charge in [-0.1, -0.05) is 38.1 Å². The maximum absolute atomic E-state index is 5.60. The van der Waals surface area contributed by atoms with Gasteiger partial charge in [-0.2, -0.15) is 0 Å². The van der Waals surface area contributed by atoms with Gasteiger partial charge in [0.05, 0.1) is 12.1 Å². The fraction of sp³-hybridized carbons (Fsp3) is 0.571. The molecule has 0 aromatic heterocycles. The summed E-state index contributed by atoms with van der Waals surface area (Å²) in [6.45, 7) is 9.10. The lowest BCUT2D eigenvalue weighted by molar-refractivity contribution is 0.0472. The van der Waals surface area contributed by atoms with E-state index in [9.17, 15) is 0 Å². The molecule has 1 aromatic carbocycles. The predicted octanol–water partition coefficient (Wildman–Crippen LogP) is 2.74. The lowest BCUT2D eigenvalue weighted by Gasteiger charge is -2.23. The third-order valence-electron chi connectivity index (χ3n) is 3.04. The summed E-state index contributed by atoms with van der Waals surface area (Å²) in [4.78, 5) is 0. The molecule has 0 aliphatic rings. The Kier molecular flexibility index (Phi) is 5.62. The van der Waals surface area contributed by atoms with Crippen LogP contribution in [0, 0.1) is 0 Å². The number of ether oxygens (including phenoxy) is 1. The van der Waals surface area contributed by atoms with Crippen LogP contribution >= 0.6 is 0 Å². The summed E-state index contributed by atoms with van der Waals surface area (Å²) < 4.78 is 5.58. The Labute approximate surface area is 104 Å². The summed E-state index contributed by atoms with van der Waals surface area (Å²) in [5, 5.41) is 0. The predicted molar refractivity (Wildman–Crippen MR) is 71.7 cm³/mol. The molecule has 0 saturated heterocycles. The van der Waals surface area contributed by atoms with Crippen LogP contribution in [0.3, 0.4) is 0 Å². The molecule has 0 saturated carbocycles. The Bertz CT molecular complexity index is 321. The second-order valence-electron chi connectivity index (χ2n) is 4.63. The van der Waals surface area contributed by atoms with Crippen LogP contribution in [0.1, 0.15) is 50.8 Å².